The van der Waals surface area contributed by atoms with Gasteiger partial charge >= 0.3 is 0 Å². The highest BCUT2D eigenvalue weighted by Crippen LogP contribution is 2.25. The first-order valence-electron chi connectivity index (χ1n) is 6.81. The molecule has 2 aromatic rings. The second-order valence-electron chi connectivity index (χ2n) is 5.20. The van der Waals surface area contributed by atoms with E-state index in [0.717, 1.165) is 27.3 Å². The fraction of sp³-hybridized carbons (Fsp3) is 0.375. The molecule has 3 nitrogen and oxygen atoms in total. The summed E-state index contributed by atoms with van der Waals surface area (Å²) in [4.78, 5) is 9.40. The number of hydrogen-bond acceptors (Lipinski definition) is 3. The van der Waals surface area contributed by atoms with Crippen LogP contribution in [0.4, 0.5) is 5.82 Å². The summed E-state index contributed by atoms with van der Waals surface area (Å²) < 4.78 is 1.12. The number of nitrogens with one attached hydrogen (secondary N) is 1. The summed E-state index contributed by atoms with van der Waals surface area (Å²) in [6.07, 6.45) is 0.776. The van der Waals surface area contributed by atoms with Crippen LogP contribution in [0.15, 0.2) is 24.3 Å². The van der Waals surface area contributed by atoms with Crippen LogP contribution in [0.3, 0.4) is 0 Å². The normalized spacial score (nSPS) is 10.9. The minimum Gasteiger partial charge on any atom is -0.372 e. The topological polar surface area (TPSA) is 37.8 Å². The Balaban J connectivity index is 2.42. The Morgan fingerprint density at radius 1 is 1.20 bits per heavy atom. The second kappa shape index (κ2) is 6.52. The fourth-order valence-electron chi connectivity index (χ4n) is 2.12. The summed E-state index contributed by atoms with van der Waals surface area (Å²) in [6, 6.07) is 8.40. The predicted octanol–water partition coefficient (Wildman–Crippen LogP) is 4.15. The summed E-state index contributed by atoms with van der Waals surface area (Å²) in [7, 11) is 1.91. The molecule has 1 aromatic heterocycles. The quantitative estimate of drug-likeness (QED) is 0.809. The second-order valence-corrected chi connectivity index (χ2v) is 6.27. The molecule has 0 aliphatic heterocycles. The Morgan fingerprint density at radius 2 is 1.90 bits per heavy atom. The number of rotatable bonds is 4. The molecule has 0 fully saturated rings. The van der Waals surface area contributed by atoms with Crippen LogP contribution < -0.4 is 5.32 Å². The van der Waals surface area contributed by atoms with E-state index in [4.69, 9.17) is 4.98 Å². The molecule has 0 atom stereocenters. The van der Waals surface area contributed by atoms with Crippen molar-refractivity contribution in [2.75, 3.05) is 12.4 Å². The predicted molar refractivity (Wildman–Crippen MR) is 92.4 cm³/mol. The van der Waals surface area contributed by atoms with Crippen LogP contribution in [0.5, 0.6) is 0 Å². The largest absolute Gasteiger partial charge is 0.372 e. The van der Waals surface area contributed by atoms with Crippen molar-refractivity contribution in [2.45, 2.75) is 33.1 Å². The Kier molecular flexibility index (Phi) is 4.96. The molecule has 0 amide bonds. The number of aromatic nitrogens is 2. The molecule has 4 heteroatoms. The standard InChI is InChI=1S/C16H20IN3/c1-10(2)15-14(17)16(18-4)20-13(19-15)9-12-8-6-5-7-11(12)3/h5-8,10H,9H2,1-4H3,(H,18,19,20). The molecule has 1 heterocycles. The molecule has 0 saturated heterocycles. The Hall–Kier alpha value is -1.17. The van der Waals surface area contributed by atoms with Gasteiger partial charge in [0.05, 0.1) is 9.26 Å². The molecule has 0 aliphatic rings. The van der Waals surface area contributed by atoms with Crippen LogP contribution in [-0.2, 0) is 6.42 Å². The third kappa shape index (κ3) is 3.29. The molecule has 0 aliphatic carbocycles. The summed E-state index contributed by atoms with van der Waals surface area (Å²) >= 11 is 2.32. The molecule has 2 rings (SSSR count). The van der Waals surface area contributed by atoms with Crippen molar-refractivity contribution in [2.24, 2.45) is 0 Å². The van der Waals surface area contributed by atoms with Crippen molar-refractivity contribution >= 4 is 28.4 Å². The van der Waals surface area contributed by atoms with Gasteiger partial charge in [0, 0.05) is 13.5 Å². The van der Waals surface area contributed by atoms with Gasteiger partial charge in [-0.25, -0.2) is 9.97 Å². The third-order valence-corrected chi connectivity index (χ3v) is 4.38. The minimum absolute atomic E-state index is 0.396. The van der Waals surface area contributed by atoms with Crippen molar-refractivity contribution in [1.29, 1.82) is 0 Å². The lowest BCUT2D eigenvalue weighted by Crippen LogP contribution is -2.09. The molecular formula is C16H20IN3. The molecule has 106 valence electrons. The number of benzene rings is 1. The molecular weight excluding hydrogens is 361 g/mol. The van der Waals surface area contributed by atoms with Gasteiger partial charge < -0.3 is 5.32 Å². The Labute approximate surface area is 134 Å². The zero-order valence-electron chi connectivity index (χ0n) is 12.4. The van der Waals surface area contributed by atoms with E-state index in [1.165, 1.54) is 11.1 Å². The highest BCUT2D eigenvalue weighted by molar-refractivity contribution is 14.1. The van der Waals surface area contributed by atoms with Gasteiger partial charge in [0.2, 0.25) is 0 Å². The lowest BCUT2D eigenvalue weighted by atomic mass is 10.1. The number of nitrogens with zero attached hydrogens (tertiary/aromatic N) is 2. The number of anilines is 1. The van der Waals surface area contributed by atoms with E-state index in [2.05, 4.69) is 77.9 Å². The summed E-state index contributed by atoms with van der Waals surface area (Å²) in [5.74, 6) is 2.20. The molecule has 0 unspecified atom stereocenters. The molecule has 0 bridgehead atoms. The van der Waals surface area contributed by atoms with Crippen molar-refractivity contribution in [3.8, 4) is 0 Å². The minimum atomic E-state index is 0.396. The summed E-state index contributed by atoms with van der Waals surface area (Å²) in [5, 5.41) is 3.17. The maximum atomic E-state index is 4.76. The highest BCUT2D eigenvalue weighted by atomic mass is 127. The van der Waals surface area contributed by atoms with Gasteiger partial charge in [-0.05, 0) is 46.6 Å². The van der Waals surface area contributed by atoms with Gasteiger partial charge in [-0.2, -0.15) is 0 Å². The van der Waals surface area contributed by atoms with Gasteiger partial charge in [-0.1, -0.05) is 38.1 Å². The van der Waals surface area contributed by atoms with E-state index >= 15 is 0 Å². The smallest absolute Gasteiger partial charge is 0.143 e. The first kappa shape index (κ1) is 15.2. The average Bonchev–Trinajstić information content (AvgIpc) is 2.42. The molecule has 1 N–H and O–H groups in total. The number of aryl methyl sites for hydroxylation is 1. The first-order chi connectivity index (χ1) is 9.52. The van der Waals surface area contributed by atoms with Crippen molar-refractivity contribution in [3.05, 3.63) is 50.5 Å². The third-order valence-electron chi connectivity index (χ3n) is 3.32. The van der Waals surface area contributed by atoms with E-state index in [0.29, 0.717) is 5.92 Å². The van der Waals surface area contributed by atoms with E-state index in [1.54, 1.807) is 0 Å². The van der Waals surface area contributed by atoms with Gasteiger partial charge in [0.15, 0.2) is 0 Å². The first-order valence-corrected chi connectivity index (χ1v) is 7.89. The Bertz CT molecular complexity index is 609. The van der Waals surface area contributed by atoms with Crippen LogP contribution in [0.25, 0.3) is 0 Å². The van der Waals surface area contributed by atoms with Crippen molar-refractivity contribution in [1.82, 2.24) is 9.97 Å². The van der Waals surface area contributed by atoms with Gasteiger partial charge in [-0.3, -0.25) is 0 Å². The maximum absolute atomic E-state index is 4.76. The molecule has 0 radical (unpaired) electrons. The fourth-order valence-corrected chi connectivity index (χ4v) is 3.25. The van der Waals surface area contributed by atoms with E-state index in [9.17, 15) is 0 Å². The molecule has 0 saturated carbocycles. The van der Waals surface area contributed by atoms with Crippen molar-refractivity contribution < 1.29 is 0 Å². The van der Waals surface area contributed by atoms with E-state index in [1.807, 2.05) is 7.05 Å². The summed E-state index contributed by atoms with van der Waals surface area (Å²) in [5.41, 5.74) is 3.69. The lowest BCUT2D eigenvalue weighted by molar-refractivity contribution is 0.784. The molecule has 0 spiro atoms. The van der Waals surface area contributed by atoms with Crippen LogP contribution in [0, 0.1) is 10.5 Å². The highest BCUT2D eigenvalue weighted by Gasteiger charge is 2.14. The van der Waals surface area contributed by atoms with E-state index in [-0.39, 0.29) is 0 Å². The van der Waals surface area contributed by atoms with Crippen LogP contribution in [0.1, 0.15) is 42.4 Å². The van der Waals surface area contributed by atoms with Crippen molar-refractivity contribution in [3.63, 3.8) is 0 Å². The molecule has 20 heavy (non-hydrogen) atoms. The van der Waals surface area contributed by atoms with E-state index < -0.39 is 0 Å². The van der Waals surface area contributed by atoms with Crippen LogP contribution >= 0.6 is 22.6 Å². The Morgan fingerprint density at radius 3 is 2.50 bits per heavy atom. The summed E-state index contributed by atoms with van der Waals surface area (Å²) in [6.45, 7) is 6.47. The SMILES string of the molecule is CNc1nc(Cc2ccccc2C)nc(C(C)C)c1I. The number of hydrogen-bond donors (Lipinski definition) is 1. The van der Waals surface area contributed by atoms with Gasteiger partial charge in [0.1, 0.15) is 11.6 Å². The number of halogens is 1. The molecule has 1 aromatic carbocycles. The lowest BCUT2D eigenvalue weighted by Gasteiger charge is -2.14. The average molecular weight is 381 g/mol. The zero-order valence-corrected chi connectivity index (χ0v) is 14.5. The monoisotopic (exact) mass is 381 g/mol. The van der Waals surface area contributed by atoms with Gasteiger partial charge in [0.25, 0.3) is 0 Å². The van der Waals surface area contributed by atoms with Crippen LogP contribution in [0.2, 0.25) is 0 Å². The maximum Gasteiger partial charge on any atom is 0.143 e. The zero-order chi connectivity index (χ0) is 14.7. The van der Waals surface area contributed by atoms with Crippen LogP contribution in [-0.4, -0.2) is 17.0 Å². The van der Waals surface area contributed by atoms with Gasteiger partial charge in [-0.15, -0.1) is 0 Å².